The molecule has 230 valence electrons. The van der Waals surface area contributed by atoms with Crippen LogP contribution in [0.1, 0.15) is 0 Å². The van der Waals surface area contributed by atoms with Crippen molar-refractivity contribution < 1.29 is 0 Å². The van der Waals surface area contributed by atoms with E-state index in [4.69, 9.17) is 0 Å². The van der Waals surface area contributed by atoms with Gasteiger partial charge in [0.2, 0.25) is 0 Å². The zero-order valence-electron chi connectivity index (χ0n) is 26.5. The third-order valence-corrected chi connectivity index (χ3v) is 9.59. The van der Waals surface area contributed by atoms with Crippen LogP contribution in [0.2, 0.25) is 0 Å². The summed E-state index contributed by atoms with van der Waals surface area (Å²) in [6, 6.07) is 60.0. The zero-order chi connectivity index (χ0) is 32.3. The summed E-state index contributed by atoms with van der Waals surface area (Å²) in [6.07, 6.45) is 2.17. The molecule has 5 heteroatoms. The number of para-hydroxylation sites is 2. The number of hydrogen-bond donors (Lipinski definition) is 0. The lowest BCUT2D eigenvalue weighted by atomic mass is 10.0. The van der Waals surface area contributed by atoms with Gasteiger partial charge < -0.3 is 9.13 Å². The van der Waals surface area contributed by atoms with Gasteiger partial charge in [0.05, 0.1) is 16.6 Å². The van der Waals surface area contributed by atoms with E-state index in [9.17, 15) is 0 Å². The molecule has 0 atom stereocenters. The molecule has 0 radical (unpaired) electrons. The SMILES string of the molecule is c1ccc(-c2nnc(-c3ccccc3)n2-c2ccc(-n3c4ccccc4c4ccc5cc6c(ccn6-c6ccccc6)cc5c43)cc2)cc1. The van der Waals surface area contributed by atoms with Gasteiger partial charge in [-0.15, -0.1) is 10.2 Å². The number of hydrogen-bond acceptors (Lipinski definition) is 2. The van der Waals surface area contributed by atoms with Crippen molar-refractivity contribution in [1.82, 2.24) is 23.9 Å². The molecule has 0 bridgehead atoms. The number of rotatable bonds is 5. The number of fused-ring (bicyclic) bond motifs is 6. The van der Waals surface area contributed by atoms with Gasteiger partial charge in [-0.2, -0.15) is 0 Å². The molecule has 0 amide bonds. The van der Waals surface area contributed by atoms with Crippen LogP contribution in [0.4, 0.5) is 0 Å². The Morgan fingerprint density at radius 3 is 1.63 bits per heavy atom. The van der Waals surface area contributed by atoms with E-state index in [1.54, 1.807) is 0 Å². The molecule has 10 aromatic rings. The minimum atomic E-state index is 0.807. The van der Waals surface area contributed by atoms with E-state index in [0.29, 0.717) is 0 Å². The summed E-state index contributed by atoms with van der Waals surface area (Å²) < 4.78 is 6.84. The highest BCUT2D eigenvalue weighted by atomic mass is 15.3. The zero-order valence-corrected chi connectivity index (χ0v) is 26.5. The molecular formula is C44H29N5. The lowest BCUT2D eigenvalue weighted by molar-refractivity contribution is 1.07. The van der Waals surface area contributed by atoms with Crippen LogP contribution in [0, 0.1) is 0 Å². The fourth-order valence-corrected chi connectivity index (χ4v) is 7.32. The standard InChI is InChI=1S/C44H29N5/c1-4-12-30(13-5-1)43-45-46-44(31-14-6-2-7-15-31)49(43)36-23-21-35(22-24-36)48-40-19-11-10-18-37(40)38-25-20-32-29-41-33(28-39(32)42(38)48)26-27-47(41)34-16-8-3-9-17-34/h1-29H. The lowest BCUT2D eigenvalue weighted by Gasteiger charge is -2.14. The molecule has 3 aromatic heterocycles. The molecule has 0 N–H and O–H groups in total. The molecule has 0 saturated heterocycles. The highest BCUT2D eigenvalue weighted by Gasteiger charge is 2.19. The first-order valence-corrected chi connectivity index (χ1v) is 16.5. The van der Waals surface area contributed by atoms with Gasteiger partial charge in [-0.3, -0.25) is 4.57 Å². The van der Waals surface area contributed by atoms with Crippen molar-refractivity contribution >= 4 is 43.5 Å². The first-order valence-electron chi connectivity index (χ1n) is 16.5. The molecule has 0 aliphatic carbocycles. The summed E-state index contributed by atoms with van der Waals surface area (Å²) >= 11 is 0. The van der Waals surface area contributed by atoms with E-state index in [2.05, 4.69) is 164 Å². The molecule has 0 aliphatic heterocycles. The van der Waals surface area contributed by atoms with Crippen LogP contribution in [-0.4, -0.2) is 23.9 Å². The Bertz CT molecular complexity index is 2730. The number of aromatic nitrogens is 5. The molecule has 7 aromatic carbocycles. The Balaban J connectivity index is 1.18. The van der Waals surface area contributed by atoms with Gasteiger partial charge in [-0.1, -0.05) is 109 Å². The molecule has 0 spiro atoms. The molecule has 5 nitrogen and oxygen atoms in total. The largest absolute Gasteiger partial charge is 0.317 e. The van der Waals surface area contributed by atoms with Crippen LogP contribution in [0.25, 0.3) is 83.3 Å². The first kappa shape index (κ1) is 27.4. The van der Waals surface area contributed by atoms with Crippen molar-refractivity contribution in [2.45, 2.75) is 0 Å². The fraction of sp³-hybridized carbons (Fsp3) is 0. The maximum atomic E-state index is 4.68. The molecule has 49 heavy (non-hydrogen) atoms. The average Bonchev–Trinajstić information content (AvgIpc) is 3.89. The van der Waals surface area contributed by atoms with Gasteiger partial charge in [-0.05, 0) is 66.0 Å². The third kappa shape index (κ3) is 4.33. The second-order valence-electron chi connectivity index (χ2n) is 12.4. The van der Waals surface area contributed by atoms with Crippen LogP contribution in [-0.2, 0) is 0 Å². The third-order valence-electron chi connectivity index (χ3n) is 9.59. The Morgan fingerprint density at radius 2 is 0.959 bits per heavy atom. The molecule has 0 fully saturated rings. The minimum absolute atomic E-state index is 0.807. The van der Waals surface area contributed by atoms with Gasteiger partial charge >= 0.3 is 0 Å². The molecule has 10 rings (SSSR count). The molecule has 0 aliphatic rings. The van der Waals surface area contributed by atoms with Crippen LogP contribution >= 0.6 is 0 Å². The molecule has 0 unspecified atom stereocenters. The lowest BCUT2D eigenvalue weighted by Crippen LogP contribution is -2.01. The summed E-state index contributed by atoms with van der Waals surface area (Å²) in [5, 5.41) is 15.5. The van der Waals surface area contributed by atoms with E-state index >= 15 is 0 Å². The minimum Gasteiger partial charge on any atom is -0.317 e. The predicted molar refractivity (Wildman–Crippen MR) is 201 cm³/mol. The highest BCUT2D eigenvalue weighted by Crippen LogP contribution is 2.39. The second kappa shape index (κ2) is 10.9. The quantitative estimate of drug-likeness (QED) is 0.190. The summed E-state index contributed by atoms with van der Waals surface area (Å²) in [4.78, 5) is 0. The predicted octanol–water partition coefficient (Wildman–Crippen LogP) is 10.8. The fourth-order valence-electron chi connectivity index (χ4n) is 7.32. The topological polar surface area (TPSA) is 40.6 Å². The van der Waals surface area contributed by atoms with Crippen molar-refractivity contribution in [1.29, 1.82) is 0 Å². The highest BCUT2D eigenvalue weighted by molar-refractivity contribution is 6.20. The van der Waals surface area contributed by atoms with Gasteiger partial charge in [0, 0.05) is 55.9 Å². The van der Waals surface area contributed by atoms with Gasteiger partial charge in [0.25, 0.3) is 0 Å². The van der Waals surface area contributed by atoms with Crippen LogP contribution in [0.15, 0.2) is 176 Å². The van der Waals surface area contributed by atoms with Crippen molar-refractivity contribution in [3.05, 3.63) is 176 Å². The van der Waals surface area contributed by atoms with Crippen molar-refractivity contribution in [3.63, 3.8) is 0 Å². The molecule has 3 heterocycles. The van der Waals surface area contributed by atoms with Crippen LogP contribution < -0.4 is 0 Å². The molecular weight excluding hydrogens is 599 g/mol. The molecule has 0 saturated carbocycles. The normalized spacial score (nSPS) is 11.7. The van der Waals surface area contributed by atoms with Crippen molar-refractivity contribution in [2.24, 2.45) is 0 Å². The van der Waals surface area contributed by atoms with Crippen LogP contribution in [0.5, 0.6) is 0 Å². The van der Waals surface area contributed by atoms with Gasteiger partial charge in [0.1, 0.15) is 0 Å². The average molecular weight is 628 g/mol. The van der Waals surface area contributed by atoms with Gasteiger partial charge in [-0.25, -0.2) is 0 Å². The monoisotopic (exact) mass is 627 g/mol. The van der Waals surface area contributed by atoms with E-state index in [0.717, 1.165) is 39.8 Å². The maximum absolute atomic E-state index is 4.68. The first-order chi connectivity index (χ1) is 24.3. The van der Waals surface area contributed by atoms with Gasteiger partial charge in [0.15, 0.2) is 11.6 Å². The van der Waals surface area contributed by atoms with E-state index in [-0.39, 0.29) is 0 Å². The maximum Gasteiger partial charge on any atom is 0.168 e. The number of benzene rings is 7. The summed E-state index contributed by atoms with van der Waals surface area (Å²) in [5.41, 5.74) is 8.87. The number of nitrogens with zero attached hydrogens (tertiary/aromatic N) is 5. The van der Waals surface area contributed by atoms with E-state index in [1.165, 1.54) is 43.5 Å². The smallest absolute Gasteiger partial charge is 0.168 e. The Labute approximate surface area is 282 Å². The summed E-state index contributed by atoms with van der Waals surface area (Å²) in [6.45, 7) is 0. The Morgan fingerprint density at radius 1 is 0.367 bits per heavy atom. The van der Waals surface area contributed by atoms with Crippen molar-refractivity contribution in [3.8, 4) is 39.8 Å². The second-order valence-corrected chi connectivity index (χ2v) is 12.4. The Hall–Kier alpha value is -6.72. The summed E-state index contributed by atoms with van der Waals surface area (Å²) in [5.74, 6) is 1.61. The van der Waals surface area contributed by atoms with Crippen molar-refractivity contribution in [2.75, 3.05) is 0 Å². The van der Waals surface area contributed by atoms with E-state index < -0.39 is 0 Å². The van der Waals surface area contributed by atoms with Crippen LogP contribution in [0.3, 0.4) is 0 Å². The van der Waals surface area contributed by atoms with E-state index in [1.807, 2.05) is 36.4 Å². The summed E-state index contributed by atoms with van der Waals surface area (Å²) in [7, 11) is 0. The Kier molecular flexibility index (Phi) is 6.11.